The molecule has 0 radical (unpaired) electrons. The lowest BCUT2D eigenvalue weighted by Gasteiger charge is -2.04. The summed E-state index contributed by atoms with van der Waals surface area (Å²) in [4.78, 5) is 4.26. The summed E-state index contributed by atoms with van der Waals surface area (Å²) in [5.74, 6) is 1.68. The first-order valence-electron chi connectivity index (χ1n) is 5.62. The van der Waals surface area contributed by atoms with Crippen molar-refractivity contribution in [3.05, 3.63) is 17.7 Å². The molecule has 0 aliphatic heterocycles. The third kappa shape index (κ3) is 2.71. The highest BCUT2D eigenvalue weighted by Gasteiger charge is 2.15. The molecule has 0 amide bonds. The molecular weight excluding hydrogens is 250 g/mol. The van der Waals surface area contributed by atoms with Crippen molar-refractivity contribution in [1.82, 2.24) is 20.3 Å². The van der Waals surface area contributed by atoms with Gasteiger partial charge in [0.05, 0.1) is 17.5 Å². The lowest BCUT2D eigenvalue weighted by molar-refractivity contribution is 0.425. The van der Waals surface area contributed by atoms with Crippen LogP contribution in [-0.4, -0.2) is 25.6 Å². The fraction of sp³-hybridized carbons (Fsp3) is 0.455. The Hall–Kier alpha value is -1.81. The topological polar surface area (TPSA) is 91.4 Å². The van der Waals surface area contributed by atoms with Crippen molar-refractivity contribution < 1.29 is 4.52 Å². The maximum absolute atomic E-state index is 8.87. The predicted molar refractivity (Wildman–Crippen MR) is 67.6 cm³/mol. The Kier molecular flexibility index (Phi) is 3.99. The van der Waals surface area contributed by atoms with Crippen molar-refractivity contribution >= 4 is 11.8 Å². The van der Waals surface area contributed by atoms with Gasteiger partial charge in [-0.05, 0) is 6.42 Å². The van der Waals surface area contributed by atoms with E-state index in [4.69, 9.17) is 9.78 Å². The number of aromatic amines is 1. The molecule has 0 saturated carbocycles. The van der Waals surface area contributed by atoms with Crippen molar-refractivity contribution in [1.29, 1.82) is 5.26 Å². The number of nitriles is 1. The van der Waals surface area contributed by atoms with Gasteiger partial charge < -0.3 is 4.52 Å². The average Bonchev–Trinajstić information content (AvgIpc) is 3.03. The molecule has 0 fully saturated rings. The fourth-order valence-corrected chi connectivity index (χ4v) is 2.08. The van der Waals surface area contributed by atoms with Gasteiger partial charge >= 0.3 is 0 Å². The third-order valence-electron chi connectivity index (χ3n) is 2.52. The Morgan fingerprint density at radius 1 is 1.61 bits per heavy atom. The minimum absolute atomic E-state index is 0.333. The lowest BCUT2D eigenvalue weighted by Crippen LogP contribution is -1.94. The molecule has 1 unspecified atom stereocenters. The zero-order valence-electron chi connectivity index (χ0n) is 10.2. The molecule has 94 valence electrons. The monoisotopic (exact) mass is 263 g/mol. The van der Waals surface area contributed by atoms with Crippen LogP contribution in [0, 0.1) is 11.3 Å². The predicted octanol–water partition coefficient (Wildman–Crippen LogP) is 2.36. The first kappa shape index (κ1) is 12.6. The number of nitrogens with one attached hydrogen (secondary N) is 1. The van der Waals surface area contributed by atoms with E-state index in [0.29, 0.717) is 34.0 Å². The smallest absolute Gasteiger partial charge is 0.262 e. The molecule has 1 N–H and O–H groups in total. The van der Waals surface area contributed by atoms with Gasteiger partial charge in [0.2, 0.25) is 0 Å². The summed E-state index contributed by atoms with van der Waals surface area (Å²) < 4.78 is 5.13. The molecule has 0 spiro atoms. The van der Waals surface area contributed by atoms with Crippen molar-refractivity contribution in [3.8, 4) is 17.5 Å². The molecule has 18 heavy (non-hydrogen) atoms. The number of rotatable bonds is 5. The lowest BCUT2D eigenvalue weighted by atomic mass is 10.2. The van der Waals surface area contributed by atoms with Gasteiger partial charge in [0.1, 0.15) is 11.8 Å². The van der Waals surface area contributed by atoms with Crippen LogP contribution < -0.4 is 0 Å². The Labute approximate surface area is 109 Å². The van der Waals surface area contributed by atoms with Crippen LogP contribution in [0.1, 0.15) is 31.8 Å². The van der Waals surface area contributed by atoms with Gasteiger partial charge in [-0.3, -0.25) is 5.10 Å². The summed E-state index contributed by atoms with van der Waals surface area (Å²) in [6.07, 6.45) is 2.62. The molecular formula is C11H13N5OS. The van der Waals surface area contributed by atoms with Crippen LogP contribution in [0.4, 0.5) is 0 Å². The molecule has 0 bridgehead atoms. The van der Waals surface area contributed by atoms with E-state index in [1.165, 1.54) is 6.20 Å². The van der Waals surface area contributed by atoms with E-state index in [1.807, 2.05) is 6.07 Å². The van der Waals surface area contributed by atoms with Gasteiger partial charge in [0.15, 0.2) is 5.82 Å². The normalized spacial score (nSPS) is 12.3. The second kappa shape index (κ2) is 5.69. The molecule has 2 heterocycles. The summed E-state index contributed by atoms with van der Waals surface area (Å²) in [5.41, 5.74) is 0.879. The Morgan fingerprint density at radius 2 is 2.44 bits per heavy atom. The van der Waals surface area contributed by atoms with E-state index < -0.39 is 0 Å². The molecule has 0 aliphatic carbocycles. The first-order valence-corrected chi connectivity index (χ1v) is 6.67. The number of hydrogen-bond donors (Lipinski definition) is 1. The molecule has 2 aromatic rings. The van der Waals surface area contributed by atoms with Crippen LogP contribution in [0.15, 0.2) is 10.7 Å². The Bertz CT molecular complexity index is 556. The first-order chi connectivity index (χ1) is 8.74. The maximum atomic E-state index is 8.87. The molecule has 7 heteroatoms. The van der Waals surface area contributed by atoms with Gasteiger partial charge in [-0.25, -0.2) is 0 Å². The molecule has 2 aromatic heterocycles. The summed E-state index contributed by atoms with van der Waals surface area (Å²) >= 11 is 1.78. The fourth-order valence-electron chi connectivity index (χ4n) is 1.29. The van der Waals surface area contributed by atoms with Crippen LogP contribution in [-0.2, 0) is 5.75 Å². The van der Waals surface area contributed by atoms with Crippen molar-refractivity contribution in [2.75, 3.05) is 0 Å². The quantitative estimate of drug-likeness (QED) is 0.890. The number of thioether (sulfide) groups is 1. The zero-order valence-corrected chi connectivity index (χ0v) is 11.0. The molecule has 0 aromatic carbocycles. The van der Waals surface area contributed by atoms with Crippen LogP contribution in [0.2, 0.25) is 0 Å². The van der Waals surface area contributed by atoms with Crippen LogP contribution >= 0.6 is 11.8 Å². The Balaban J connectivity index is 2.09. The second-order valence-corrected chi connectivity index (χ2v) is 5.24. The summed E-state index contributed by atoms with van der Waals surface area (Å²) in [6, 6.07) is 1.99. The minimum atomic E-state index is 0.333. The SMILES string of the molecule is CCC(C)SCc1noc(-c2cn[nH]c2C#N)n1. The van der Waals surface area contributed by atoms with Crippen molar-refractivity contribution in [2.24, 2.45) is 0 Å². The van der Waals surface area contributed by atoms with E-state index in [0.717, 1.165) is 6.42 Å². The molecule has 1 atom stereocenters. The maximum Gasteiger partial charge on any atom is 0.262 e. The van der Waals surface area contributed by atoms with E-state index in [9.17, 15) is 0 Å². The molecule has 0 saturated heterocycles. The Morgan fingerprint density at radius 3 is 3.17 bits per heavy atom. The second-order valence-electron chi connectivity index (χ2n) is 3.82. The third-order valence-corrected chi connectivity index (χ3v) is 3.85. The van der Waals surface area contributed by atoms with E-state index in [1.54, 1.807) is 11.8 Å². The highest BCUT2D eigenvalue weighted by molar-refractivity contribution is 7.99. The van der Waals surface area contributed by atoms with Crippen molar-refractivity contribution in [2.45, 2.75) is 31.3 Å². The average molecular weight is 263 g/mol. The van der Waals surface area contributed by atoms with E-state index >= 15 is 0 Å². The van der Waals surface area contributed by atoms with Crippen LogP contribution in [0.25, 0.3) is 11.5 Å². The van der Waals surface area contributed by atoms with Crippen LogP contribution in [0.3, 0.4) is 0 Å². The highest BCUT2D eigenvalue weighted by Crippen LogP contribution is 2.22. The van der Waals surface area contributed by atoms with Gasteiger partial charge in [-0.15, -0.1) is 0 Å². The van der Waals surface area contributed by atoms with E-state index in [2.05, 4.69) is 34.2 Å². The van der Waals surface area contributed by atoms with Crippen LogP contribution in [0.5, 0.6) is 0 Å². The molecule has 6 nitrogen and oxygen atoms in total. The van der Waals surface area contributed by atoms with Gasteiger partial charge in [0.25, 0.3) is 5.89 Å². The number of hydrogen-bond acceptors (Lipinski definition) is 6. The largest absolute Gasteiger partial charge is 0.334 e. The number of H-pyrrole nitrogens is 1. The summed E-state index contributed by atoms with van der Waals surface area (Å²) in [5, 5.41) is 19.7. The van der Waals surface area contributed by atoms with Gasteiger partial charge in [-0.1, -0.05) is 19.0 Å². The summed E-state index contributed by atoms with van der Waals surface area (Å²) in [6.45, 7) is 4.31. The number of nitrogens with zero attached hydrogens (tertiary/aromatic N) is 4. The number of aromatic nitrogens is 4. The van der Waals surface area contributed by atoms with Crippen molar-refractivity contribution in [3.63, 3.8) is 0 Å². The van der Waals surface area contributed by atoms with E-state index in [-0.39, 0.29) is 0 Å². The molecule has 0 aliphatic rings. The standard InChI is InChI=1S/C11H13N5OS/c1-3-7(2)18-6-10-14-11(17-16-10)8-5-13-15-9(8)4-12/h5,7H,3,6H2,1-2H3,(H,13,15). The zero-order chi connectivity index (χ0) is 13.0. The minimum Gasteiger partial charge on any atom is -0.334 e. The van der Waals surface area contributed by atoms with Gasteiger partial charge in [0, 0.05) is 5.25 Å². The summed E-state index contributed by atoms with van der Waals surface area (Å²) in [7, 11) is 0. The molecule has 2 rings (SSSR count). The highest BCUT2D eigenvalue weighted by atomic mass is 32.2. The van der Waals surface area contributed by atoms with Gasteiger partial charge in [-0.2, -0.15) is 27.1 Å².